The number of aliphatic carboxylic acids is 1. The minimum atomic E-state index is -1.08. The SMILES string of the molecule is CC(=O)[O-].CCCCCCC[N+]1(CCC)CCCCC1. The highest BCUT2D eigenvalue weighted by molar-refractivity contribution is 5.60. The molecule has 1 rings (SSSR count). The van der Waals surface area contributed by atoms with Crippen LogP contribution in [0.4, 0.5) is 0 Å². The van der Waals surface area contributed by atoms with E-state index in [0.717, 1.165) is 6.92 Å². The van der Waals surface area contributed by atoms with E-state index in [2.05, 4.69) is 13.8 Å². The molecule has 0 radical (unpaired) electrons. The third-order valence-electron chi connectivity index (χ3n) is 4.20. The third kappa shape index (κ3) is 10.2. The molecule has 0 aliphatic carbocycles. The Hall–Kier alpha value is -0.570. The zero-order valence-electron chi connectivity index (χ0n) is 14.0. The quantitative estimate of drug-likeness (QED) is 0.508. The Morgan fingerprint density at radius 2 is 1.45 bits per heavy atom. The lowest BCUT2D eigenvalue weighted by Gasteiger charge is -2.41. The Morgan fingerprint density at radius 1 is 0.900 bits per heavy atom. The van der Waals surface area contributed by atoms with Gasteiger partial charge in [0.1, 0.15) is 0 Å². The largest absolute Gasteiger partial charge is 0.550 e. The number of carbonyl (C=O) groups is 1. The van der Waals surface area contributed by atoms with Crippen LogP contribution in [0.15, 0.2) is 0 Å². The minimum Gasteiger partial charge on any atom is -0.550 e. The first-order valence-corrected chi connectivity index (χ1v) is 8.59. The highest BCUT2D eigenvalue weighted by Gasteiger charge is 2.27. The number of piperidine rings is 1. The van der Waals surface area contributed by atoms with Crippen LogP contribution in [0.1, 0.15) is 78.6 Å². The number of likely N-dealkylation sites (tertiary alicyclic amines) is 1. The Labute approximate surface area is 126 Å². The first-order chi connectivity index (χ1) is 9.56. The number of hydrogen-bond donors (Lipinski definition) is 0. The highest BCUT2D eigenvalue weighted by atomic mass is 16.4. The van der Waals surface area contributed by atoms with Crippen molar-refractivity contribution in [3.8, 4) is 0 Å². The standard InChI is InChI=1S/C15H32N.C2H4O2/c1-3-5-6-7-9-13-16(12-4-2)14-10-8-11-15-16;1-2(3)4/h3-15H2,1-2H3;1H3,(H,3,4)/q+1;/p-1. The van der Waals surface area contributed by atoms with Crippen LogP contribution >= 0.6 is 0 Å². The van der Waals surface area contributed by atoms with Gasteiger partial charge in [-0.25, -0.2) is 0 Å². The summed E-state index contributed by atoms with van der Waals surface area (Å²) in [6.07, 6.45) is 13.0. The second-order valence-corrected chi connectivity index (χ2v) is 6.20. The van der Waals surface area contributed by atoms with Gasteiger partial charge in [0, 0.05) is 5.97 Å². The van der Waals surface area contributed by atoms with E-state index in [1.807, 2.05) is 0 Å². The van der Waals surface area contributed by atoms with Crippen LogP contribution in [0.3, 0.4) is 0 Å². The van der Waals surface area contributed by atoms with Crippen molar-refractivity contribution in [1.29, 1.82) is 0 Å². The average Bonchev–Trinajstić information content (AvgIpc) is 2.39. The molecule has 1 aliphatic heterocycles. The first kappa shape index (κ1) is 19.4. The lowest BCUT2D eigenvalue weighted by atomic mass is 10.0. The molecule has 1 aliphatic rings. The van der Waals surface area contributed by atoms with Gasteiger partial charge in [-0.05, 0) is 45.4 Å². The molecule has 0 atom stereocenters. The molecule has 0 aromatic rings. The smallest absolute Gasteiger partial charge is 0.0786 e. The number of hydrogen-bond acceptors (Lipinski definition) is 2. The zero-order chi connectivity index (χ0) is 15.3. The average molecular weight is 285 g/mol. The molecule has 1 saturated heterocycles. The summed E-state index contributed by atoms with van der Waals surface area (Å²) in [6, 6.07) is 0. The van der Waals surface area contributed by atoms with Crippen molar-refractivity contribution >= 4 is 5.97 Å². The summed E-state index contributed by atoms with van der Waals surface area (Å²) < 4.78 is 1.46. The molecular formula is C17H35NO2. The summed E-state index contributed by atoms with van der Waals surface area (Å²) in [4.78, 5) is 8.89. The van der Waals surface area contributed by atoms with Gasteiger partial charge < -0.3 is 14.4 Å². The van der Waals surface area contributed by atoms with E-state index in [9.17, 15) is 0 Å². The van der Waals surface area contributed by atoms with E-state index >= 15 is 0 Å². The zero-order valence-corrected chi connectivity index (χ0v) is 14.0. The molecule has 0 unspecified atom stereocenters. The van der Waals surface area contributed by atoms with Crippen molar-refractivity contribution < 1.29 is 14.4 Å². The number of carboxylic acid groups (broad SMARTS) is 1. The van der Waals surface area contributed by atoms with Gasteiger partial charge in [0.15, 0.2) is 0 Å². The van der Waals surface area contributed by atoms with E-state index in [4.69, 9.17) is 9.90 Å². The molecule has 20 heavy (non-hydrogen) atoms. The van der Waals surface area contributed by atoms with Gasteiger partial charge in [0.2, 0.25) is 0 Å². The molecule has 0 spiro atoms. The fourth-order valence-corrected chi connectivity index (χ4v) is 3.27. The second kappa shape index (κ2) is 12.2. The lowest BCUT2D eigenvalue weighted by molar-refractivity contribution is -0.932. The Bertz CT molecular complexity index is 226. The van der Waals surface area contributed by atoms with Crippen LogP contribution in [0, 0.1) is 0 Å². The van der Waals surface area contributed by atoms with Crippen molar-refractivity contribution in [3.63, 3.8) is 0 Å². The molecule has 0 aromatic heterocycles. The summed E-state index contributed by atoms with van der Waals surface area (Å²) in [5, 5.41) is 8.89. The van der Waals surface area contributed by atoms with E-state index in [-0.39, 0.29) is 0 Å². The topological polar surface area (TPSA) is 40.1 Å². The Balaban J connectivity index is 0.000000796. The van der Waals surface area contributed by atoms with Gasteiger partial charge in [0.05, 0.1) is 26.2 Å². The lowest BCUT2D eigenvalue weighted by Crippen LogP contribution is -2.52. The number of unbranched alkanes of at least 4 members (excludes halogenated alkanes) is 4. The predicted molar refractivity (Wildman–Crippen MR) is 83.3 cm³/mol. The van der Waals surface area contributed by atoms with Gasteiger partial charge in [-0.3, -0.25) is 0 Å². The maximum atomic E-state index is 8.89. The van der Waals surface area contributed by atoms with Gasteiger partial charge >= 0.3 is 0 Å². The second-order valence-electron chi connectivity index (χ2n) is 6.20. The molecule has 0 saturated carbocycles. The normalized spacial score (nSPS) is 17.1. The van der Waals surface area contributed by atoms with Crippen LogP contribution < -0.4 is 5.11 Å². The van der Waals surface area contributed by atoms with Crippen LogP contribution in [-0.4, -0.2) is 36.6 Å². The summed E-state index contributed by atoms with van der Waals surface area (Å²) in [5.74, 6) is -1.08. The molecule has 1 fully saturated rings. The molecular weight excluding hydrogens is 250 g/mol. The predicted octanol–water partition coefficient (Wildman–Crippen LogP) is 3.12. The van der Waals surface area contributed by atoms with E-state index in [1.54, 1.807) is 0 Å². The minimum absolute atomic E-state index is 0.972. The molecule has 120 valence electrons. The number of carbonyl (C=O) groups excluding carboxylic acids is 1. The van der Waals surface area contributed by atoms with E-state index in [0.29, 0.717) is 0 Å². The molecule has 0 aromatic carbocycles. The molecule has 0 N–H and O–H groups in total. The van der Waals surface area contributed by atoms with Crippen LogP contribution in [0.2, 0.25) is 0 Å². The monoisotopic (exact) mass is 285 g/mol. The number of nitrogens with zero attached hydrogens (tertiary/aromatic N) is 1. The fourth-order valence-electron chi connectivity index (χ4n) is 3.27. The molecule has 3 nitrogen and oxygen atoms in total. The van der Waals surface area contributed by atoms with Crippen molar-refractivity contribution in [2.24, 2.45) is 0 Å². The Kier molecular flexibility index (Phi) is 11.8. The summed E-state index contributed by atoms with van der Waals surface area (Å²) in [7, 11) is 0. The van der Waals surface area contributed by atoms with Gasteiger partial charge in [-0.2, -0.15) is 0 Å². The van der Waals surface area contributed by atoms with Crippen LogP contribution in [-0.2, 0) is 4.79 Å². The van der Waals surface area contributed by atoms with Crippen molar-refractivity contribution in [1.82, 2.24) is 0 Å². The first-order valence-electron chi connectivity index (χ1n) is 8.59. The number of rotatable bonds is 8. The maximum Gasteiger partial charge on any atom is 0.0786 e. The Morgan fingerprint density at radius 3 is 1.95 bits per heavy atom. The van der Waals surface area contributed by atoms with Crippen molar-refractivity contribution in [2.45, 2.75) is 78.6 Å². The molecule has 1 heterocycles. The summed E-state index contributed by atoms with van der Waals surface area (Å²) >= 11 is 0. The maximum absolute atomic E-state index is 8.89. The summed E-state index contributed by atoms with van der Waals surface area (Å²) in [6.45, 7) is 11.5. The molecule has 0 amide bonds. The number of quaternary nitrogens is 1. The summed E-state index contributed by atoms with van der Waals surface area (Å²) in [5.41, 5.74) is 0. The fraction of sp³-hybridized carbons (Fsp3) is 0.941. The van der Waals surface area contributed by atoms with Gasteiger partial charge in [0.25, 0.3) is 0 Å². The third-order valence-corrected chi connectivity index (χ3v) is 4.20. The van der Waals surface area contributed by atoms with Gasteiger partial charge in [-0.1, -0.05) is 33.1 Å². The van der Waals surface area contributed by atoms with E-state index < -0.39 is 5.97 Å². The van der Waals surface area contributed by atoms with Crippen molar-refractivity contribution in [2.75, 3.05) is 26.2 Å². The van der Waals surface area contributed by atoms with Crippen LogP contribution in [0.25, 0.3) is 0 Å². The number of carboxylic acids is 1. The van der Waals surface area contributed by atoms with Crippen LogP contribution in [0.5, 0.6) is 0 Å². The highest BCUT2D eigenvalue weighted by Crippen LogP contribution is 2.21. The molecule has 0 bridgehead atoms. The molecule has 3 heteroatoms. The van der Waals surface area contributed by atoms with Gasteiger partial charge in [-0.15, -0.1) is 0 Å². The van der Waals surface area contributed by atoms with Crippen molar-refractivity contribution in [3.05, 3.63) is 0 Å². The van der Waals surface area contributed by atoms with E-state index in [1.165, 1.54) is 88.4 Å².